The molecule has 2 heterocycles. The normalized spacial score (nSPS) is 15.5. The van der Waals surface area contributed by atoms with E-state index in [9.17, 15) is 19.8 Å². The van der Waals surface area contributed by atoms with Gasteiger partial charge < -0.3 is 20.8 Å². The van der Waals surface area contributed by atoms with Gasteiger partial charge in [0.15, 0.2) is 5.78 Å². The number of anilines is 1. The molecule has 0 spiro atoms. The summed E-state index contributed by atoms with van der Waals surface area (Å²) in [7, 11) is 0. The first-order chi connectivity index (χ1) is 24.2. The number of aliphatic hydroxyl groups excluding tert-OH is 2. The standard InChI is InChI=1S/C42H50N4O4/c1-25(23-47)11-12-32-20-45-40(19-36(32)29-13-14-29)42(50)46-38-10-6-9-35(28(38)4)34-8-5-7-31(27(34)3)17-41(49)39-18-37(30-15-16-30)33(22-44-39)21-43-26(2)24-48/h5-10,18-20,22,25-26,29-30,43,47-48H,11-17,21,23-24H2,1-4H3,(H,46,50)/t25-,26+/m1/s1. The van der Waals surface area contributed by atoms with Crippen molar-refractivity contribution < 1.29 is 19.8 Å². The van der Waals surface area contributed by atoms with E-state index in [2.05, 4.69) is 39.7 Å². The largest absolute Gasteiger partial charge is 0.396 e. The second-order valence-electron chi connectivity index (χ2n) is 14.5. The zero-order chi connectivity index (χ0) is 35.4. The Balaban J connectivity index is 1.18. The summed E-state index contributed by atoms with van der Waals surface area (Å²) in [6.07, 6.45) is 10.2. The Labute approximate surface area is 295 Å². The molecule has 0 saturated heterocycles. The highest BCUT2D eigenvalue weighted by Gasteiger charge is 2.29. The van der Waals surface area contributed by atoms with E-state index in [1.807, 2.05) is 69.6 Å². The lowest BCUT2D eigenvalue weighted by Gasteiger charge is -2.17. The first kappa shape index (κ1) is 35.6. The number of Topliss-reactive ketones (excluding diaryl/α,β-unsaturated/α-hetero) is 1. The minimum absolute atomic E-state index is 0.00792. The summed E-state index contributed by atoms with van der Waals surface area (Å²) >= 11 is 0. The third-order valence-corrected chi connectivity index (χ3v) is 10.4. The molecule has 8 heteroatoms. The van der Waals surface area contributed by atoms with E-state index < -0.39 is 0 Å². The number of amides is 1. The molecule has 2 aromatic heterocycles. The van der Waals surface area contributed by atoms with Crippen LogP contribution in [-0.4, -0.2) is 51.1 Å². The highest BCUT2D eigenvalue weighted by molar-refractivity contribution is 6.04. The summed E-state index contributed by atoms with van der Waals surface area (Å²) in [4.78, 5) is 36.3. The maximum Gasteiger partial charge on any atom is 0.274 e. The quantitative estimate of drug-likeness (QED) is 0.0925. The van der Waals surface area contributed by atoms with Gasteiger partial charge in [-0.1, -0.05) is 37.3 Å². The summed E-state index contributed by atoms with van der Waals surface area (Å²) in [5.74, 6) is 0.931. The summed E-state index contributed by atoms with van der Waals surface area (Å²) in [5, 5.41) is 25.3. The van der Waals surface area contributed by atoms with Crippen molar-refractivity contribution >= 4 is 17.4 Å². The number of pyridine rings is 2. The topological polar surface area (TPSA) is 124 Å². The monoisotopic (exact) mass is 674 g/mol. The number of benzene rings is 2. The maximum absolute atomic E-state index is 13.6. The van der Waals surface area contributed by atoms with Crippen molar-refractivity contribution in [2.75, 3.05) is 18.5 Å². The van der Waals surface area contributed by atoms with Gasteiger partial charge in [0.05, 0.1) is 6.61 Å². The molecule has 1 amide bonds. The van der Waals surface area contributed by atoms with Crippen molar-refractivity contribution in [3.05, 3.63) is 111 Å². The molecular formula is C42H50N4O4. The van der Waals surface area contributed by atoms with E-state index in [1.54, 1.807) is 0 Å². The Morgan fingerprint density at radius 2 is 1.42 bits per heavy atom. The Morgan fingerprint density at radius 3 is 2.10 bits per heavy atom. The first-order valence-corrected chi connectivity index (χ1v) is 18.1. The van der Waals surface area contributed by atoms with Gasteiger partial charge in [-0.2, -0.15) is 0 Å². The lowest BCUT2D eigenvalue weighted by Crippen LogP contribution is -2.29. The van der Waals surface area contributed by atoms with Crippen LogP contribution in [0, 0.1) is 19.8 Å². The summed E-state index contributed by atoms with van der Waals surface area (Å²) in [6.45, 7) is 8.91. The molecule has 2 aliphatic rings. The molecule has 2 fully saturated rings. The number of carbonyl (C=O) groups excluding carboxylic acids is 2. The molecule has 0 radical (unpaired) electrons. The van der Waals surface area contributed by atoms with Crippen molar-refractivity contribution in [2.45, 2.75) is 97.1 Å². The number of aryl methyl sites for hydroxylation is 1. The molecule has 2 saturated carbocycles. The van der Waals surface area contributed by atoms with E-state index in [0.717, 1.165) is 77.6 Å². The average Bonchev–Trinajstić information content (AvgIpc) is 4.06. The van der Waals surface area contributed by atoms with Crippen LogP contribution in [0.5, 0.6) is 0 Å². The van der Waals surface area contributed by atoms with Gasteiger partial charge in [-0.25, -0.2) is 0 Å². The lowest BCUT2D eigenvalue weighted by atomic mass is 9.90. The number of hydrogen-bond acceptors (Lipinski definition) is 7. The van der Waals surface area contributed by atoms with Crippen LogP contribution < -0.4 is 10.6 Å². The second-order valence-corrected chi connectivity index (χ2v) is 14.5. The van der Waals surface area contributed by atoms with Gasteiger partial charge in [0.1, 0.15) is 11.4 Å². The highest BCUT2D eigenvalue weighted by Crippen LogP contribution is 2.43. The second kappa shape index (κ2) is 15.8. The Hall–Kier alpha value is -4.24. The smallest absolute Gasteiger partial charge is 0.274 e. The number of ketones is 1. The molecular weight excluding hydrogens is 624 g/mol. The SMILES string of the molecule is Cc1c(CC(=O)c2cc(C3CC3)c(CN[C@@H](C)CO)cn2)cccc1-c1cccc(NC(=O)c2cc(C3CC3)c(CC[C@@H](C)CO)cn2)c1C. The fourth-order valence-corrected chi connectivity index (χ4v) is 6.70. The predicted molar refractivity (Wildman–Crippen MR) is 198 cm³/mol. The van der Waals surface area contributed by atoms with Gasteiger partial charge >= 0.3 is 0 Å². The van der Waals surface area contributed by atoms with Gasteiger partial charge in [-0.3, -0.25) is 19.6 Å². The van der Waals surface area contributed by atoms with Crippen LogP contribution in [0.25, 0.3) is 11.1 Å². The Bertz CT molecular complexity index is 1730. The molecule has 0 unspecified atom stereocenters. The zero-order valence-corrected chi connectivity index (χ0v) is 29.8. The zero-order valence-electron chi connectivity index (χ0n) is 29.8. The van der Waals surface area contributed by atoms with Crippen LogP contribution in [-0.2, 0) is 19.4 Å². The van der Waals surface area contributed by atoms with Crippen LogP contribution in [0.3, 0.4) is 0 Å². The molecule has 0 bridgehead atoms. The van der Waals surface area contributed by atoms with Crippen molar-refractivity contribution in [2.24, 2.45) is 5.92 Å². The molecule has 2 atom stereocenters. The Morgan fingerprint density at radius 1 is 0.800 bits per heavy atom. The number of nitrogens with zero attached hydrogens (tertiary/aromatic N) is 2. The van der Waals surface area contributed by atoms with Crippen molar-refractivity contribution in [1.82, 2.24) is 15.3 Å². The highest BCUT2D eigenvalue weighted by atomic mass is 16.3. The van der Waals surface area contributed by atoms with Gasteiger partial charge in [0.2, 0.25) is 0 Å². The van der Waals surface area contributed by atoms with E-state index in [0.29, 0.717) is 29.8 Å². The molecule has 262 valence electrons. The van der Waals surface area contributed by atoms with Crippen molar-refractivity contribution in [1.29, 1.82) is 0 Å². The summed E-state index contributed by atoms with van der Waals surface area (Å²) < 4.78 is 0. The van der Waals surface area contributed by atoms with Crippen LogP contribution in [0.1, 0.15) is 118 Å². The molecule has 8 nitrogen and oxygen atoms in total. The van der Waals surface area contributed by atoms with Crippen LogP contribution in [0.2, 0.25) is 0 Å². The number of rotatable bonds is 16. The van der Waals surface area contributed by atoms with Crippen molar-refractivity contribution in [3.63, 3.8) is 0 Å². The van der Waals surface area contributed by atoms with Gasteiger partial charge in [0.25, 0.3) is 5.91 Å². The van der Waals surface area contributed by atoms with Crippen LogP contribution in [0.15, 0.2) is 60.9 Å². The number of hydrogen-bond donors (Lipinski definition) is 4. The minimum Gasteiger partial charge on any atom is -0.396 e. The van der Waals surface area contributed by atoms with E-state index in [1.165, 1.54) is 16.7 Å². The number of nitrogens with one attached hydrogen (secondary N) is 2. The fourth-order valence-electron chi connectivity index (χ4n) is 6.70. The predicted octanol–water partition coefficient (Wildman–Crippen LogP) is 7.22. The molecule has 2 aromatic carbocycles. The molecule has 0 aliphatic heterocycles. The van der Waals surface area contributed by atoms with E-state index >= 15 is 0 Å². The lowest BCUT2D eigenvalue weighted by molar-refractivity contribution is 0.0986. The van der Waals surface area contributed by atoms with Crippen LogP contribution >= 0.6 is 0 Å². The third-order valence-electron chi connectivity index (χ3n) is 10.4. The van der Waals surface area contributed by atoms with E-state index in [-0.39, 0.29) is 43.3 Å². The Kier molecular flexibility index (Phi) is 11.2. The number of aromatic nitrogens is 2. The molecule has 2 aliphatic carbocycles. The van der Waals surface area contributed by atoms with Gasteiger partial charge in [-0.15, -0.1) is 0 Å². The number of carbonyl (C=O) groups is 2. The average molecular weight is 675 g/mol. The molecule has 50 heavy (non-hydrogen) atoms. The fraction of sp³-hybridized carbons (Fsp3) is 0.429. The summed E-state index contributed by atoms with van der Waals surface area (Å²) in [5.41, 5.74) is 11.2. The minimum atomic E-state index is -0.235. The first-order valence-electron chi connectivity index (χ1n) is 18.1. The molecule has 4 N–H and O–H groups in total. The van der Waals surface area contributed by atoms with Crippen LogP contribution in [0.4, 0.5) is 5.69 Å². The molecule has 6 rings (SSSR count). The van der Waals surface area contributed by atoms with Gasteiger partial charge in [0, 0.05) is 43.7 Å². The van der Waals surface area contributed by atoms with Gasteiger partial charge in [-0.05, 0) is 145 Å². The molecule has 4 aromatic rings. The third kappa shape index (κ3) is 8.37. The van der Waals surface area contributed by atoms with Crippen molar-refractivity contribution in [3.8, 4) is 11.1 Å². The van der Waals surface area contributed by atoms with E-state index in [4.69, 9.17) is 0 Å². The number of aliphatic hydroxyl groups is 2. The summed E-state index contributed by atoms with van der Waals surface area (Å²) in [6, 6.07) is 15.9. The maximum atomic E-state index is 13.6.